The van der Waals surface area contributed by atoms with Crippen LogP contribution in [0.5, 0.6) is 5.75 Å². The third-order valence-electron chi connectivity index (χ3n) is 3.13. The number of aryl methyl sites for hydroxylation is 1. The summed E-state index contributed by atoms with van der Waals surface area (Å²) in [5.41, 5.74) is 3.97. The van der Waals surface area contributed by atoms with Crippen LogP contribution in [-0.4, -0.2) is 10.9 Å². The van der Waals surface area contributed by atoms with Gasteiger partial charge >= 0.3 is 0 Å². The Hall–Kier alpha value is -2.29. The zero-order chi connectivity index (χ0) is 14.4. The summed E-state index contributed by atoms with van der Waals surface area (Å²) in [6, 6.07) is 15.9. The highest BCUT2D eigenvalue weighted by atomic mass is 16.5. The minimum atomic E-state index is 0.551. The third-order valence-corrected chi connectivity index (χ3v) is 3.13. The fourth-order valence-corrected chi connectivity index (χ4v) is 2.04. The number of benzene rings is 2. The molecule has 0 aliphatic carbocycles. The van der Waals surface area contributed by atoms with Gasteiger partial charge in [-0.05, 0) is 48.7 Å². The smallest absolute Gasteiger partial charge is 0.119 e. The summed E-state index contributed by atoms with van der Waals surface area (Å²) in [7, 11) is 0. The van der Waals surface area contributed by atoms with E-state index in [0.29, 0.717) is 18.7 Å². The van der Waals surface area contributed by atoms with Crippen LogP contribution in [-0.2, 0) is 6.61 Å². The molecule has 0 spiro atoms. The van der Waals surface area contributed by atoms with Crippen molar-refractivity contribution in [1.29, 1.82) is 0 Å². The number of ether oxygens (including phenoxy) is 1. The van der Waals surface area contributed by atoms with E-state index < -0.39 is 0 Å². The van der Waals surface area contributed by atoms with E-state index in [4.69, 9.17) is 9.94 Å². The van der Waals surface area contributed by atoms with Gasteiger partial charge in [0, 0.05) is 0 Å². The summed E-state index contributed by atoms with van der Waals surface area (Å²) in [6.45, 7) is 4.58. The number of oxime groups is 1. The van der Waals surface area contributed by atoms with Crippen molar-refractivity contribution in [3.05, 3.63) is 65.2 Å². The summed E-state index contributed by atoms with van der Waals surface area (Å²) < 4.78 is 5.75. The third kappa shape index (κ3) is 3.60. The molecule has 0 aliphatic rings. The van der Waals surface area contributed by atoms with Crippen LogP contribution in [0, 0.1) is 6.92 Å². The molecule has 0 aliphatic heterocycles. The first kappa shape index (κ1) is 14.1. The molecule has 0 unspecified atom stereocenters. The molecule has 0 radical (unpaired) electrons. The predicted molar refractivity (Wildman–Crippen MR) is 80.6 cm³/mol. The first-order chi connectivity index (χ1) is 9.72. The topological polar surface area (TPSA) is 41.8 Å². The van der Waals surface area contributed by atoms with E-state index in [2.05, 4.69) is 30.3 Å². The van der Waals surface area contributed by atoms with Gasteiger partial charge in [0.2, 0.25) is 0 Å². The molecule has 0 bridgehead atoms. The Morgan fingerprint density at radius 3 is 2.50 bits per heavy atom. The molecular formula is C17H19NO2. The Morgan fingerprint density at radius 1 is 1.15 bits per heavy atom. The van der Waals surface area contributed by atoms with Gasteiger partial charge in [-0.15, -0.1) is 0 Å². The minimum absolute atomic E-state index is 0.551. The highest BCUT2D eigenvalue weighted by molar-refractivity contribution is 6.00. The number of hydrogen-bond donors (Lipinski definition) is 1. The molecule has 0 saturated heterocycles. The van der Waals surface area contributed by atoms with Gasteiger partial charge in [-0.25, -0.2) is 0 Å². The molecule has 0 heterocycles. The average molecular weight is 269 g/mol. The van der Waals surface area contributed by atoms with Crippen molar-refractivity contribution in [1.82, 2.24) is 0 Å². The summed E-state index contributed by atoms with van der Waals surface area (Å²) in [6.07, 6.45) is 0.694. The van der Waals surface area contributed by atoms with Crippen molar-refractivity contribution in [3.8, 4) is 5.75 Å². The van der Waals surface area contributed by atoms with Gasteiger partial charge in [0.25, 0.3) is 0 Å². The van der Waals surface area contributed by atoms with Crippen molar-refractivity contribution in [2.24, 2.45) is 5.16 Å². The van der Waals surface area contributed by atoms with Gasteiger partial charge in [-0.2, -0.15) is 0 Å². The molecule has 20 heavy (non-hydrogen) atoms. The molecule has 0 amide bonds. The van der Waals surface area contributed by atoms with Gasteiger partial charge < -0.3 is 9.94 Å². The van der Waals surface area contributed by atoms with Crippen LogP contribution in [0.25, 0.3) is 0 Å². The molecule has 2 rings (SSSR count). The number of hydrogen-bond acceptors (Lipinski definition) is 3. The molecule has 0 saturated carbocycles. The quantitative estimate of drug-likeness (QED) is 0.503. The summed E-state index contributed by atoms with van der Waals surface area (Å²) in [5.74, 6) is 0.809. The van der Waals surface area contributed by atoms with Crippen molar-refractivity contribution in [2.75, 3.05) is 0 Å². The lowest BCUT2D eigenvalue weighted by atomic mass is 10.1. The SMILES string of the molecule is CC/C(=N\O)c1ccc(OCc2cccc(C)c2)cc1. The zero-order valence-corrected chi connectivity index (χ0v) is 11.8. The normalized spacial score (nSPS) is 11.4. The summed E-state index contributed by atoms with van der Waals surface area (Å²) in [5, 5.41) is 12.2. The van der Waals surface area contributed by atoms with Crippen LogP contribution in [0.3, 0.4) is 0 Å². The second-order valence-corrected chi connectivity index (χ2v) is 4.70. The molecule has 0 atom stereocenters. The second-order valence-electron chi connectivity index (χ2n) is 4.70. The lowest BCUT2D eigenvalue weighted by molar-refractivity contribution is 0.306. The second kappa shape index (κ2) is 6.75. The summed E-state index contributed by atoms with van der Waals surface area (Å²) >= 11 is 0. The highest BCUT2D eigenvalue weighted by Gasteiger charge is 2.02. The number of nitrogens with zero attached hydrogens (tertiary/aromatic N) is 1. The first-order valence-corrected chi connectivity index (χ1v) is 6.72. The van der Waals surface area contributed by atoms with Crippen LogP contribution in [0.15, 0.2) is 53.7 Å². The van der Waals surface area contributed by atoms with Crippen molar-refractivity contribution >= 4 is 5.71 Å². The zero-order valence-electron chi connectivity index (χ0n) is 11.8. The van der Waals surface area contributed by atoms with Crippen LogP contribution in [0.1, 0.15) is 30.0 Å². The van der Waals surface area contributed by atoms with Crippen molar-refractivity contribution < 1.29 is 9.94 Å². The Balaban J connectivity index is 2.01. The van der Waals surface area contributed by atoms with E-state index in [1.807, 2.05) is 37.3 Å². The fraction of sp³-hybridized carbons (Fsp3) is 0.235. The molecule has 104 valence electrons. The van der Waals surface area contributed by atoms with Crippen LogP contribution in [0.2, 0.25) is 0 Å². The molecule has 2 aromatic rings. The van der Waals surface area contributed by atoms with Gasteiger partial charge in [0.1, 0.15) is 12.4 Å². The van der Waals surface area contributed by atoms with Crippen molar-refractivity contribution in [2.45, 2.75) is 26.9 Å². The van der Waals surface area contributed by atoms with E-state index in [-0.39, 0.29) is 0 Å². The van der Waals surface area contributed by atoms with E-state index in [1.165, 1.54) is 5.56 Å². The van der Waals surface area contributed by atoms with E-state index in [9.17, 15) is 0 Å². The Bertz CT molecular complexity index is 588. The Morgan fingerprint density at radius 2 is 1.90 bits per heavy atom. The van der Waals surface area contributed by atoms with Crippen LogP contribution >= 0.6 is 0 Å². The molecule has 2 aromatic carbocycles. The van der Waals surface area contributed by atoms with Gasteiger partial charge in [-0.1, -0.05) is 41.9 Å². The largest absolute Gasteiger partial charge is 0.489 e. The Labute approximate surface area is 119 Å². The molecule has 0 fully saturated rings. The van der Waals surface area contributed by atoms with Gasteiger partial charge in [-0.3, -0.25) is 0 Å². The highest BCUT2D eigenvalue weighted by Crippen LogP contribution is 2.16. The molecule has 3 nitrogen and oxygen atoms in total. The molecular weight excluding hydrogens is 250 g/mol. The van der Waals surface area contributed by atoms with Crippen LogP contribution < -0.4 is 4.74 Å². The van der Waals surface area contributed by atoms with E-state index in [0.717, 1.165) is 16.9 Å². The van der Waals surface area contributed by atoms with E-state index in [1.54, 1.807) is 0 Å². The average Bonchev–Trinajstić information content (AvgIpc) is 2.48. The maximum Gasteiger partial charge on any atom is 0.119 e. The monoisotopic (exact) mass is 269 g/mol. The molecule has 1 N–H and O–H groups in total. The lowest BCUT2D eigenvalue weighted by Gasteiger charge is -2.08. The minimum Gasteiger partial charge on any atom is -0.489 e. The predicted octanol–water partition coefficient (Wildman–Crippen LogP) is 4.16. The van der Waals surface area contributed by atoms with Crippen molar-refractivity contribution in [3.63, 3.8) is 0 Å². The van der Waals surface area contributed by atoms with Crippen LogP contribution in [0.4, 0.5) is 0 Å². The van der Waals surface area contributed by atoms with Gasteiger partial charge in [0.05, 0.1) is 5.71 Å². The fourth-order valence-electron chi connectivity index (χ4n) is 2.04. The molecule has 0 aromatic heterocycles. The lowest BCUT2D eigenvalue weighted by Crippen LogP contribution is -1.99. The maximum atomic E-state index is 8.88. The Kier molecular flexibility index (Phi) is 4.77. The van der Waals surface area contributed by atoms with Gasteiger partial charge in [0.15, 0.2) is 0 Å². The number of rotatable bonds is 5. The van der Waals surface area contributed by atoms with E-state index >= 15 is 0 Å². The maximum absolute atomic E-state index is 8.88. The standard InChI is InChI=1S/C17H19NO2/c1-3-17(18-19)15-7-9-16(10-8-15)20-12-14-6-4-5-13(2)11-14/h4-11,19H,3,12H2,1-2H3/b18-17+. The molecule has 3 heteroatoms. The summed E-state index contributed by atoms with van der Waals surface area (Å²) in [4.78, 5) is 0. The first-order valence-electron chi connectivity index (χ1n) is 6.72.